The number of likely N-dealkylation sites (N-methyl/N-ethyl adjacent to an activating group) is 1. The van der Waals surface area contributed by atoms with Gasteiger partial charge >= 0.3 is 0 Å². The molecule has 1 aromatic carbocycles. The SMILES string of the molecule is Cc1c(CN(C)C(=O)/C=C/c2cnc3c(c2)OC(C)(C)C(=O)C3)oc2ccccc12. The predicted molar refractivity (Wildman–Crippen MR) is 114 cm³/mol. The molecule has 4 rings (SSSR count). The number of carbonyl (C=O) groups is 2. The lowest BCUT2D eigenvalue weighted by Crippen LogP contribution is -2.42. The molecule has 0 unspecified atom stereocenters. The molecule has 0 atom stereocenters. The van der Waals surface area contributed by atoms with E-state index in [1.165, 1.54) is 6.08 Å². The van der Waals surface area contributed by atoms with Crippen LogP contribution in [0.2, 0.25) is 0 Å². The maximum atomic E-state index is 12.6. The number of para-hydroxylation sites is 1. The summed E-state index contributed by atoms with van der Waals surface area (Å²) in [6, 6.07) is 9.65. The molecule has 0 N–H and O–H groups in total. The Hall–Kier alpha value is -3.41. The molecular formula is C24H24N2O4. The van der Waals surface area contributed by atoms with Gasteiger partial charge in [-0.3, -0.25) is 14.6 Å². The zero-order valence-electron chi connectivity index (χ0n) is 17.6. The Bertz CT molecular complexity index is 1170. The second-order valence-corrected chi connectivity index (χ2v) is 8.10. The van der Waals surface area contributed by atoms with Crippen molar-refractivity contribution in [2.24, 2.45) is 0 Å². The largest absolute Gasteiger partial charge is 0.478 e. The fraction of sp³-hybridized carbons (Fsp3) is 0.292. The van der Waals surface area contributed by atoms with Gasteiger partial charge in [-0.25, -0.2) is 0 Å². The van der Waals surface area contributed by atoms with Crippen LogP contribution >= 0.6 is 0 Å². The molecule has 0 spiro atoms. The molecule has 0 radical (unpaired) electrons. The number of pyridine rings is 1. The van der Waals surface area contributed by atoms with E-state index in [4.69, 9.17) is 9.15 Å². The number of hydrogen-bond acceptors (Lipinski definition) is 5. The van der Waals surface area contributed by atoms with Crippen LogP contribution < -0.4 is 4.74 Å². The van der Waals surface area contributed by atoms with Gasteiger partial charge in [0.15, 0.2) is 11.4 Å². The lowest BCUT2D eigenvalue weighted by atomic mass is 9.95. The molecule has 6 nitrogen and oxygen atoms in total. The van der Waals surface area contributed by atoms with Crippen molar-refractivity contribution in [3.63, 3.8) is 0 Å². The first kappa shape index (κ1) is 19.9. The lowest BCUT2D eigenvalue weighted by Gasteiger charge is -2.30. The number of rotatable bonds is 4. The minimum absolute atomic E-state index is 0.00322. The highest BCUT2D eigenvalue weighted by molar-refractivity contribution is 5.92. The van der Waals surface area contributed by atoms with Crippen molar-refractivity contribution in [3.05, 3.63) is 65.2 Å². The van der Waals surface area contributed by atoms with E-state index in [0.29, 0.717) is 18.0 Å². The predicted octanol–water partition coefficient (Wildman–Crippen LogP) is 4.09. The average molecular weight is 404 g/mol. The van der Waals surface area contributed by atoms with Gasteiger partial charge in [0.25, 0.3) is 0 Å². The lowest BCUT2D eigenvalue weighted by molar-refractivity contribution is -0.132. The Morgan fingerprint density at radius 1 is 1.30 bits per heavy atom. The molecule has 1 aliphatic rings. The summed E-state index contributed by atoms with van der Waals surface area (Å²) in [6.45, 7) is 5.88. The minimum Gasteiger partial charge on any atom is -0.478 e. The summed E-state index contributed by atoms with van der Waals surface area (Å²) in [5, 5.41) is 1.06. The third-order valence-corrected chi connectivity index (χ3v) is 5.43. The van der Waals surface area contributed by atoms with Gasteiger partial charge < -0.3 is 14.1 Å². The number of aryl methyl sites for hydroxylation is 1. The highest BCUT2D eigenvalue weighted by Crippen LogP contribution is 2.30. The van der Waals surface area contributed by atoms with Gasteiger partial charge in [0.05, 0.1) is 18.7 Å². The number of benzene rings is 1. The number of ketones is 1. The maximum Gasteiger partial charge on any atom is 0.246 e. The smallest absolute Gasteiger partial charge is 0.246 e. The van der Waals surface area contributed by atoms with Crippen LogP contribution in [0.1, 0.15) is 36.4 Å². The van der Waals surface area contributed by atoms with Gasteiger partial charge in [-0.1, -0.05) is 18.2 Å². The van der Waals surface area contributed by atoms with E-state index >= 15 is 0 Å². The molecule has 0 aliphatic carbocycles. The van der Waals surface area contributed by atoms with Crippen molar-refractivity contribution in [2.45, 2.75) is 39.3 Å². The van der Waals surface area contributed by atoms with E-state index < -0.39 is 5.60 Å². The second-order valence-electron chi connectivity index (χ2n) is 8.10. The highest BCUT2D eigenvalue weighted by Gasteiger charge is 2.35. The summed E-state index contributed by atoms with van der Waals surface area (Å²) in [6.07, 6.45) is 5.09. The number of fused-ring (bicyclic) bond motifs is 2. The Labute approximate surface area is 175 Å². The van der Waals surface area contributed by atoms with Crippen LogP contribution in [0.4, 0.5) is 0 Å². The van der Waals surface area contributed by atoms with Crippen molar-refractivity contribution in [1.82, 2.24) is 9.88 Å². The maximum absolute atomic E-state index is 12.6. The first-order valence-electron chi connectivity index (χ1n) is 9.86. The summed E-state index contributed by atoms with van der Waals surface area (Å²) < 4.78 is 11.7. The first-order chi connectivity index (χ1) is 14.2. The number of nitrogens with zero attached hydrogens (tertiary/aromatic N) is 2. The van der Waals surface area contributed by atoms with Crippen LogP contribution in [0.25, 0.3) is 17.0 Å². The van der Waals surface area contributed by atoms with Gasteiger partial charge in [-0.05, 0) is 44.5 Å². The number of ether oxygens (including phenoxy) is 1. The third kappa shape index (κ3) is 3.73. The van der Waals surface area contributed by atoms with Crippen LogP contribution in [-0.2, 0) is 22.6 Å². The molecule has 1 amide bonds. The summed E-state index contributed by atoms with van der Waals surface area (Å²) in [7, 11) is 1.74. The molecule has 3 heterocycles. The number of carbonyl (C=O) groups excluding carboxylic acids is 2. The molecule has 1 aliphatic heterocycles. The van der Waals surface area contributed by atoms with E-state index in [1.54, 1.807) is 38.1 Å². The zero-order valence-corrected chi connectivity index (χ0v) is 17.6. The van der Waals surface area contributed by atoms with Crippen molar-refractivity contribution in [1.29, 1.82) is 0 Å². The monoisotopic (exact) mass is 404 g/mol. The molecule has 6 heteroatoms. The fourth-order valence-electron chi connectivity index (χ4n) is 3.46. The fourth-order valence-corrected chi connectivity index (χ4v) is 3.46. The molecule has 30 heavy (non-hydrogen) atoms. The van der Waals surface area contributed by atoms with Crippen molar-refractivity contribution in [2.75, 3.05) is 7.05 Å². The molecule has 154 valence electrons. The quantitative estimate of drug-likeness (QED) is 0.613. The highest BCUT2D eigenvalue weighted by atomic mass is 16.5. The van der Waals surface area contributed by atoms with E-state index in [9.17, 15) is 9.59 Å². The van der Waals surface area contributed by atoms with Crippen LogP contribution in [0, 0.1) is 6.92 Å². The molecule has 2 aromatic heterocycles. The number of Topliss-reactive ketones (excluding diaryl/α,β-unsaturated/α-hetero) is 1. The van der Waals surface area contributed by atoms with Crippen LogP contribution in [0.3, 0.4) is 0 Å². The average Bonchev–Trinajstić information content (AvgIpc) is 3.02. The van der Waals surface area contributed by atoms with Gasteiger partial charge in [0.1, 0.15) is 17.1 Å². The Morgan fingerprint density at radius 2 is 2.07 bits per heavy atom. The third-order valence-electron chi connectivity index (χ3n) is 5.43. The van der Waals surface area contributed by atoms with Crippen molar-refractivity contribution >= 4 is 28.7 Å². The molecular weight excluding hydrogens is 380 g/mol. The van der Waals surface area contributed by atoms with Crippen LogP contribution in [0.15, 0.2) is 47.0 Å². The number of amides is 1. The first-order valence-corrected chi connectivity index (χ1v) is 9.86. The minimum atomic E-state index is -0.864. The van der Waals surface area contributed by atoms with Gasteiger partial charge in [-0.15, -0.1) is 0 Å². The van der Waals surface area contributed by atoms with E-state index in [2.05, 4.69) is 4.98 Å². The Kier molecular flexibility index (Phi) is 4.94. The molecule has 0 bridgehead atoms. The normalized spacial score (nSPS) is 15.3. The van der Waals surface area contributed by atoms with Crippen molar-refractivity contribution < 1.29 is 18.7 Å². The molecule has 0 saturated carbocycles. The second kappa shape index (κ2) is 7.44. The Morgan fingerprint density at radius 3 is 2.83 bits per heavy atom. The summed E-state index contributed by atoms with van der Waals surface area (Å²) >= 11 is 0. The van der Waals surface area contributed by atoms with Gasteiger partial charge in [0.2, 0.25) is 5.91 Å². The Balaban J connectivity index is 1.47. The number of furan rings is 1. The van der Waals surface area contributed by atoms with Gasteiger partial charge in [-0.2, -0.15) is 0 Å². The summed E-state index contributed by atoms with van der Waals surface area (Å²) in [4.78, 5) is 30.6. The topological polar surface area (TPSA) is 72.6 Å². The molecule has 0 fully saturated rings. The zero-order chi connectivity index (χ0) is 21.5. The van der Waals surface area contributed by atoms with E-state index in [-0.39, 0.29) is 18.1 Å². The molecule has 0 saturated heterocycles. The van der Waals surface area contributed by atoms with Crippen LogP contribution in [0.5, 0.6) is 5.75 Å². The van der Waals surface area contributed by atoms with Crippen molar-refractivity contribution in [3.8, 4) is 5.75 Å². The summed E-state index contributed by atoms with van der Waals surface area (Å²) in [5.74, 6) is 1.21. The number of aromatic nitrogens is 1. The number of hydrogen-bond donors (Lipinski definition) is 0. The van der Waals surface area contributed by atoms with E-state index in [1.807, 2.05) is 37.3 Å². The standard InChI is InChI=1S/C24H24N2O4/c1-15-17-7-5-6-8-19(17)29-21(15)14-26(4)23(28)10-9-16-11-20-18(25-13-16)12-22(27)24(2,3)30-20/h5-11,13H,12,14H2,1-4H3/b10-9+. The van der Waals surface area contributed by atoms with E-state index in [0.717, 1.165) is 27.9 Å². The molecule has 3 aromatic rings. The summed E-state index contributed by atoms with van der Waals surface area (Å²) in [5.41, 5.74) is 2.36. The van der Waals surface area contributed by atoms with Crippen LogP contribution in [-0.4, -0.2) is 34.2 Å². The van der Waals surface area contributed by atoms with Gasteiger partial charge in [0, 0.05) is 30.3 Å².